The van der Waals surface area contributed by atoms with E-state index in [9.17, 15) is 4.39 Å². The van der Waals surface area contributed by atoms with Crippen LogP contribution in [-0.4, -0.2) is 29.5 Å². The van der Waals surface area contributed by atoms with Crippen molar-refractivity contribution in [3.63, 3.8) is 0 Å². The Labute approximate surface area is 159 Å². The highest BCUT2D eigenvalue weighted by molar-refractivity contribution is 6.30. The largest absolute Gasteiger partial charge is 0.473 e. The first-order valence-electron chi connectivity index (χ1n) is 8.91. The molecule has 2 aromatic rings. The van der Waals surface area contributed by atoms with Crippen LogP contribution in [-0.2, 0) is 6.61 Å². The van der Waals surface area contributed by atoms with E-state index in [4.69, 9.17) is 16.3 Å². The number of hydrogen-bond acceptors (Lipinski definition) is 3. The van der Waals surface area contributed by atoms with E-state index in [0.29, 0.717) is 22.4 Å². The number of ether oxygens (including phenoxy) is 1. The molecule has 0 amide bonds. The van der Waals surface area contributed by atoms with Gasteiger partial charge in [0.05, 0.1) is 0 Å². The van der Waals surface area contributed by atoms with Crippen molar-refractivity contribution >= 4 is 11.6 Å². The molecule has 1 aromatic carbocycles. The highest BCUT2D eigenvalue weighted by Crippen LogP contribution is 2.28. The number of benzene rings is 1. The molecule has 2 heterocycles. The first-order valence-corrected chi connectivity index (χ1v) is 9.29. The van der Waals surface area contributed by atoms with Gasteiger partial charge in [-0.25, -0.2) is 9.37 Å². The van der Waals surface area contributed by atoms with Crippen molar-refractivity contribution in [1.82, 2.24) is 9.88 Å². The number of aromatic nitrogens is 1. The Hall–Kier alpha value is -1.91. The Bertz CT molecular complexity index is 772. The fourth-order valence-electron chi connectivity index (χ4n) is 3.30. The van der Waals surface area contributed by atoms with Gasteiger partial charge < -0.3 is 4.74 Å². The van der Waals surface area contributed by atoms with Crippen molar-refractivity contribution < 1.29 is 9.13 Å². The second kappa shape index (κ2) is 8.65. The number of likely N-dealkylation sites (tertiary alicyclic amines) is 1. The van der Waals surface area contributed by atoms with E-state index in [1.165, 1.54) is 11.6 Å². The molecule has 138 valence electrons. The lowest BCUT2D eigenvalue weighted by molar-refractivity contribution is 0.225. The number of piperidine rings is 1. The van der Waals surface area contributed by atoms with Gasteiger partial charge in [0.25, 0.3) is 0 Å². The summed E-state index contributed by atoms with van der Waals surface area (Å²) in [6, 6.07) is 10.4. The molecule has 5 heteroatoms. The third-order valence-electron chi connectivity index (χ3n) is 4.64. The molecule has 0 spiro atoms. The van der Waals surface area contributed by atoms with Crippen LogP contribution in [0.1, 0.15) is 36.9 Å². The Morgan fingerprint density at radius 3 is 2.77 bits per heavy atom. The highest BCUT2D eigenvalue weighted by atomic mass is 35.5. The zero-order valence-electron chi connectivity index (χ0n) is 15.0. The van der Waals surface area contributed by atoms with Gasteiger partial charge in [-0.2, -0.15) is 0 Å². The SMILES string of the molecule is C=C(C)CN1CCC(c2cccc(OCc3ccc(Cl)cc3F)n2)CC1. The minimum atomic E-state index is -0.362. The molecule has 0 radical (unpaired) electrons. The van der Waals surface area contributed by atoms with Gasteiger partial charge in [0.15, 0.2) is 0 Å². The van der Waals surface area contributed by atoms with Crippen LogP contribution in [0.15, 0.2) is 48.6 Å². The average molecular weight is 375 g/mol. The predicted molar refractivity (Wildman–Crippen MR) is 103 cm³/mol. The van der Waals surface area contributed by atoms with Gasteiger partial charge in [-0.05, 0) is 51.1 Å². The Morgan fingerprint density at radius 2 is 2.08 bits per heavy atom. The summed E-state index contributed by atoms with van der Waals surface area (Å²) >= 11 is 5.78. The van der Waals surface area contributed by atoms with E-state index < -0.39 is 0 Å². The zero-order valence-corrected chi connectivity index (χ0v) is 15.8. The molecule has 3 rings (SSSR count). The van der Waals surface area contributed by atoms with Crippen molar-refractivity contribution in [2.75, 3.05) is 19.6 Å². The van der Waals surface area contributed by atoms with Gasteiger partial charge in [0.2, 0.25) is 5.88 Å². The second-order valence-corrected chi connectivity index (χ2v) is 7.37. The quantitative estimate of drug-likeness (QED) is 0.649. The minimum Gasteiger partial charge on any atom is -0.473 e. The predicted octanol–water partition coefficient (Wildman–Crippen LogP) is 5.21. The highest BCUT2D eigenvalue weighted by Gasteiger charge is 2.21. The van der Waals surface area contributed by atoms with E-state index >= 15 is 0 Å². The zero-order chi connectivity index (χ0) is 18.5. The molecule has 0 atom stereocenters. The summed E-state index contributed by atoms with van der Waals surface area (Å²) in [5.74, 6) is 0.604. The monoisotopic (exact) mass is 374 g/mol. The lowest BCUT2D eigenvalue weighted by Crippen LogP contribution is -2.34. The summed E-state index contributed by atoms with van der Waals surface area (Å²) in [6.07, 6.45) is 2.16. The maximum atomic E-state index is 13.9. The Balaban J connectivity index is 1.59. The molecule has 0 unspecified atom stereocenters. The maximum absolute atomic E-state index is 13.9. The minimum absolute atomic E-state index is 0.135. The Kier molecular flexibility index (Phi) is 6.28. The number of nitrogens with zero attached hydrogens (tertiary/aromatic N) is 2. The van der Waals surface area contributed by atoms with Crippen LogP contribution < -0.4 is 4.74 Å². The summed E-state index contributed by atoms with van der Waals surface area (Å²) < 4.78 is 19.6. The number of halogens is 2. The van der Waals surface area contributed by atoms with Gasteiger partial charge in [0.1, 0.15) is 12.4 Å². The van der Waals surface area contributed by atoms with Crippen LogP contribution in [0.4, 0.5) is 4.39 Å². The van der Waals surface area contributed by atoms with E-state index in [-0.39, 0.29) is 12.4 Å². The third kappa shape index (κ3) is 5.05. The fourth-order valence-corrected chi connectivity index (χ4v) is 3.46. The molecule has 1 aliphatic heterocycles. The van der Waals surface area contributed by atoms with E-state index in [1.807, 2.05) is 12.1 Å². The van der Waals surface area contributed by atoms with Crippen molar-refractivity contribution in [2.45, 2.75) is 32.3 Å². The van der Waals surface area contributed by atoms with Crippen LogP contribution in [0.5, 0.6) is 5.88 Å². The number of hydrogen-bond donors (Lipinski definition) is 0. The average Bonchev–Trinajstić information content (AvgIpc) is 2.61. The van der Waals surface area contributed by atoms with E-state index in [1.54, 1.807) is 12.1 Å². The van der Waals surface area contributed by atoms with E-state index in [2.05, 4.69) is 29.5 Å². The van der Waals surface area contributed by atoms with Crippen molar-refractivity contribution in [1.29, 1.82) is 0 Å². The summed E-state index contributed by atoms with van der Waals surface area (Å²) in [4.78, 5) is 7.07. The third-order valence-corrected chi connectivity index (χ3v) is 4.87. The van der Waals surface area contributed by atoms with Crippen molar-refractivity contribution in [3.8, 4) is 5.88 Å². The van der Waals surface area contributed by atoms with Crippen molar-refractivity contribution in [2.24, 2.45) is 0 Å². The maximum Gasteiger partial charge on any atom is 0.213 e. The van der Waals surface area contributed by atoms with Crippen LogP contribution >= 0.6 is 11.6 Å². The molecular formula is C21H24ClFN2O. The molecular weight excluding hydrogens is 351 g/mol. The first kappa shape index (κ1) is 18.9. The normalized spacial score (nSPS) is 15.8. The molecule has 0 aliphatic carbocycles. The van der Waals surface area contributed by atoms with Crippen LogP contribution in [0.25, 0.3) is 0 Å². The molecule has 1 aromatic heterocycles. The number of pyridine rings is 1. The molecule has 26 heavy (non-hydrogen) atoms. The Morgan fingerprint density at radius 1 is 1.31 bits per heavy atom. The smallest absolute Gasteiger partial charge is 0.213 e. The molecule has 1 saturated heterocycles. The van der Waals surface area contributed by atoms with Gasteiger partial charge in [-0.15, -0.1) is 0 Å². The molecule has 1 fully saturated rings. The first-order chi connectivity index (χ1) is 12.5. The molecule has 0 N–H and O–H groups in total. The summed E-state index contributed by atoms with van der Waals surface area (Å²) in [6.45, 7) is 9.27. The second-order valence-electron chi connectivity index (χ2n) is 6.93. The van der Waals surface area contributed by atoms with Crippen LogP contribution in [0.2, 0.25) is 5.02 Å². The molecule has 0 saturated carbocycles. The van der Waals surface area contributed by atoms with Gasteiger partial charge in [-0.3, -0.25) is 4.90 Å². The molecule has 3 nitrogen and oxygen atoms in total. The summed E-state index contributed by atoms with van der Waals surface area (Å²) in [5, 5.41) is 0.379. The molecule has 1 aliphatic rings. The molecule has 0 bridgehead atoms. The summed E-state index contributed by atoms with van der Waals surface area (Å²) in [7, 11) is 0. The van der Waals surface area contributed by atoms with Crippen molar-refractivity contribution in [3.05, 3.63) is 70.6 Å². The van der Waals surface area contributed by atoms with Crippen LogP contribution in [0, 0.1) is 5.82 Å². The lowest BCUT2D eigenvalue weighted by Gasteiger charge is -2.31. The number of rotatable bonds is 6. The topological polar surface area (TPSA) is 25.4 Å². The fraction of sp³-hybridized carbons (Fsp3) is 0.381. The standard InChI is InChI=1S/C21H24ClFN2O/c1-15(2)13-25-10-8-16(9-11-25)20-4-3-5-21(24-20)26-14-17-6-7-18(22)12-19(17)23/h3-7,12,16H,1,8-11,13-14H2,2H3. The van der Waals surface area contributed by atoms with Gasteiger partial charge in [0, 0.05) is 34.8 Å². The summed E-state index contributed by atoms with van der Waals surface area (Å²) in [5.41, 5.74) is 2.72. The van der Waals surface area contributed by atoms with Crippen LogP contribution in [0.3, 0.4) is 0 Å². The van der Waals surface area contributed by atoms with Gasteiger partial charge in [-0.1, -0.05) is 35.9 Å². The van der Waals surface area contributed by atoms with E-state index in [0.717, 1.165) is 38.2 Å². The lowest BCUT2D eigenvalue weighted by atomic mass is 9.93. The van der Waals surface area contributed by atoms with Gasteiger partial charge >= 0.3 is 0 Å².